The van der Waals surface area contributed by atoms with Gasteiger partial charge in [-0.05, 0) is 11.6 Å². The van der Waals surface area contributed by atoms with E-state index in [0.717, 1.165) is 21.2 Å². The molecule has 1 aromatic carbocycles. The summed E-state index contributed by atoms with van der Waals surface area (Å²) in [4.78, 5) is 14.0. The maximum absolute atomic E-state index is 12.1. The van der Waals surface area contributed by atoms with Crippen molar-refractivity contribution in [3.05, 3.63) is 35.4 Å². The summed E-state index contributed by atoms with van der Waals surface area (Å²) >= 11 is 2.95. The minimum Gasteiger partial charge on any atom is -0.374 e. The van der Waals surface area contributed by atoms with Crippen LogP contribution in [0.2, 0.25) is 0 Å². The van der Waals surface area contributed by atoms with Gasteiger partial charge in [0.2, 0.25) is 5.13 Å². The summed E-state index contributed by atoms with van der Waals surface area (Å²) in [6.07, 6.45) is 0. The van der Waals surface area contributed by atoms with Crippen LogP contribution < -0.4 is 5.73 Å². The average Bonchev–Trinajstić information content (AvgIpc) is 2.96. The van der Waals surface area contributed by atoms with Crippen LogP contribution >= 0.6 is 23.1 Å². The van der Waals surface area contributed by atoms with Crippen LogP contribution in [0.3, 0.4) is 0 Å². The van der Waals surface area contributed by atoms with E-state index in [1.165, 1.54) is 11.3 Å². The van der Waals surface area contributed by atoms with Crippen molar-refractivity contribution in [3.63, 3.8) is 0 Å². The van der Waals surface area contributed by atoms with Crippen LogP contribution in [0.15, 0.2) is 28.6 Å². The van der Waals surface area contributed by atoms with Gasteiger partial charge in [0, 0.05) is 24.4 Å². The number of hydrogen-bond acceptors (Lipinski definition) is 6. The number of nitrogens with zero attached hydrogens (tertiary/aromatic N) is 3. The molecule has 0 saturated heterocycles. The summed E-state index contributed by atoms with van der Waals surface area (Å²) in [6, 6.07) is 7.76. The minimum atomic E-state index is 0.118. The standard InChI is InChI=1S/C12H12N4OS2/c13-11-14-15-12(19-11)18-6-5-16-7-8-3-1-2-4-9(8)10(16)17/h1-4H,5-7H2,(H2,13,14). The maximum Gasteiger partial charge on any atom is 0.254 e. The maximum atomic E-state index is 12.1. The molecular weight excluding hydrogens is 280 g/mol. The Balaban J connectivity index is 1.57. The normalized spacial score (nSPS) is 13.9. The molecule has 0 spiro atoms. The third-order valence-electron chi connectivity index (χ3n) is 2.91. The number of carbonyl (C=O) groups is 1. The Morgan fingerprint density at radius 1 is 1.37 bits per heavy atom. The number of hydrogen-bond donors (Lipinski definition) is 1. The zero-order valence-electron chi connectivity index (χ0n) is 10.1. The Bertz CT molecular complexity index is 613. The number of aromatic nitrogens is 2. The van der Waals surface area contributed by atoms with E-state index >= 15 is 0 Å². The van der Waals surface area contributed by atoms with Crippen LogP contribution in [0, 0.1) is 0 Å². The zero-order chi connectivity index (χ0) is 13.2. The molecule has 1 aromatic heterocycles. The predicted octanol–water partition coefficient (Wildman–Crippen LogP) is 1.87. The Hall–Kier alpha value is -1.60. The molecule has 0 unspecified atom stereocenters. The van der Waals surface area contributed by atoms with Gasteiger partial charge in [0.25, 0.3) is 5.91 Å². The molecular formula is C12H12N4OS2. The second-order valence-electron chi connectivity index (χ2n) is 4.14. The predicted molar refractivity (Wildman–Crippen MR) is 76.2 cm³/mol. The third-order valence-corrected chi connectivity index (χ3v) is 4.77. The number of rotatable bonds is 4. The lowest BCUT2D eigenvalue weighted by Gasteiger charge is -2.14. The van der Waals surface area contributed by atoms with E-state index in [1.807, 2.05) is 29.2 Å². The Morgan fingerprint density at radius 2 is 2.21 bits per heavy atom. The molecule has 2 aromatic rings. The fraction of sp³-hybridized carbons (Fsp3) is 0.250. The number of amides is 1. The molecule has 19 heavy (non-hydrogen) atoms. The molecule has 0 atom stereocenters. The number of nitrogen functional groups attached to an aromatic ring is 1. The van der Waals surface area contributed by atoms with Crippen molar-refractivity contribution in [2.75, 3.05) is 18.0 Å². The van der Waals surface area contributed by atoms with Crippen molar-refractivity contribution in [3.8, 4) is 0 Å². The quantitative estimate of drug-likeness (QED) is 0.871. The first-order chi connectivity index (χ1) is 9.24. The van der Waals surface area contributed by atoms with E-state index in [4.69, 9.17) is 5.73 Å². The van der Waals surface area contributed by atoms with E-state index in [2.05, 4.69) is 10.2 Å². The third kappa shape index (κ3) is 2.57. The second-order valence-corrected chi connectivity index (χ2v) is 6.49. The van der Waals surface area contributed by atoms with E-state index in [1.54, 1.807) is 11.8 Å². The molecule has 0 bridgehead atoms. The number of carbonyl (C=O) groups excluding carboxylic acids is 1. The van der Waals surface area contributed by atoms with Crippen LogP contribution in [-0.4, -0.2) is 33.3 Å². The van der Waals surface area contributed by atoms with E-state index in [0.29, 0.717) is 18.2 Å². The van der Waals surface area contributed by atoms with E-state index in [-0.39, 0.29) is 5.91 Å². The molecule has 0 radical (unpaired) electrons. The molecule has 1 aliphatic heterocycles. The molecule has 0 aliphatic carbocycles. The van der Waals surface area contributed by atoms with Crippen LogP contribution in [0.5, 0.6) is 0 Å². The van der Waals surface area contributed by atoms with Crippen molar-refractivity contribution in [2.45, 2.75) is 10.9 Å². The summed E-state index contributed by atoms with van der Waals surface area (Å²) in [5.41, 5.74) is 7.45. The molecule has 5 nitrogen and oxygen atoms in total. The minimum absolute atomic E-state index is 0.118. The summed E-state index contributed by atoms with van der Waals surface area (Å²) in [7, 11) is 0. The van der Waals surface area contributed by atoms with Crippen LogP contribution in [0.1, 0.15) is 15.9 Å². The van der Waals surface area contributed by atoms with Crippen LogP contribution in [0.25, 0.3) is 0 Å². The van der Waals surface area contributed by atoms with E-state index < -0.39 is 0 Å². The smallest absolute Gasteiger partial charge is 0.254 e. The number of nitrogens with two attached hydrogens (primary N) is 1. The van der Waals surface area contributed by atoms with Crippen molar-refractivity contribution in [1.29, 1.82) is 0 Å². The Kier molecular flexibility index (Phi) is 3.39. The number of fused-ring (bicyclic) bond motifs is 1. The molecule has 3 rings (SSSR count). The van der Waals surface area contributed by atoms with Crippen molar-refractivity contribution >= 4 is 34.1 Å². The highest BCUT2D eigenvalue weighted by Crippen LogP contribution is 2.26. The van der Waals surface area contributed by atoms with Gasteiger partial charge < -0.3 is 10.6 Å². The first kappa shape index (κ1) is 12.4. The second kappa shape index (κ2) is 5.18. The fourth-order valence-electron chi connectivity index (χ4n) is 2.02. The summed E-state index contributed by atoms with van der Waals surface area (Å²) < 4.78 is 0.849. The Labute approximate surface area is 118 Å². The van der Waals surface area contributed by atoms with Crippen LogP contribution in [0.4, 0.5) is 5.13 Å². The van der Waals surface area contributed by atoms with Gasteiger partial charge >= 0.3 is 0 Å². The molecule has 7 heteroatoms. The summed E-state index contributed by atoms with van der Waals surface area (Å²) in [5, 5.41) is 8.18. The first-order valence-corrected chi connectivity index (χ1v) is 7.63. The van der Waals surface area contributed by atoms with E-state index in [9.17, 15) is 4.79 Å². The van der Waals surface area contributed by atoms with Gasteiger partial charge in [0.05, 0.1) is 0 Å². The lowest BCUT2D eigenvalue weighted by molar-refractivity contribution is 0.0788. The number of anilines is 1. The molecule has 98 valence electrons. The van der Waals surface area contributed by atoms with Crippen molar-refractivity contribution < 1.29 is 4.79 Å². The highest BCUT2D eigenvalue weighted by atomic mass is 32.2. The number of thioether (sulfide) groups is 1. The number of benzene rings is 1. The molecule has 1 aliphatic rings. The monoisotopic (exact) mass is 292 g/mol. The highest BCUT2D eigenvalue weighted by molar-refractivity contribution is 8.01. The van der Waals surface area contributed by atoms with Gasteiger partial charge in [-0.3, -0.25) is 4.79 Å². The summed E-state index contributed by atoms with van der Waals surface area (Å²) in [5.74, 6) is 0.918. The fourth-order valence-corrected chi connectivity index (χ4v) is 3.69. The molecule has 1 amide bonds. The molecule has 0 fully saturated rings. The average molecular weight is 292 g/mol. The lowest BCUT2D eigenvalue weighted by atomic mass is 10.1. The SMILES string of the molecule is Nc1nnc(SCCN2Cc3ccccc3C2=O)s1. The molecule has 2 heterocycles. The topological polar surface area (TPSA) is 72.1 Å². The largest absolute Gasteiger partial charge is 0.374 e. The zero-order valence-corrected chi connectivity index (χ0v) is 11.7. The van der Waals surface area contributed by atoms with Crippen molar-refractivity contribution in [1.82, 2.24) is 15.1 Å². The van der Waals surface area contributed by atoms with Crippen LogP contribution in [-0.2, 0) is 6.54 Å². The van der Waals surface area contributed by atoms with Gasteiger partial charge in [-0.15, -0.1) is 10.2 Å². The van der Waals surface area contributed by atoms with Gasteiger partial charge in [-0.25, -0.2) is 0 Å². The lowest BCUT2D eigenvalue weighted by Crippen LogP contribution is -2.26. The highest BCUT2D eigenvalue weighted by Gasteiger charge is 2.26. The Morgan fingerprint density at radius 3 is 2.95 bits per heavy atom. The molecule has 2 N–H and O–H groups in total. The van der Waals surface area contributed by atoms with Crippen molar-refractivity contribution in [2.24, 2.45) is 0 Å². The first-order valence-electron chi connectivity index (χ1n) is 5.83. The van der Waals surface area contributed by atoms with Gasteiger partial charge in [-0.2, -0.15) is 0 Å². The van der Waals surface area contributed by atoms with Gasteiger partial charge in [-0.1, -0.05) is 41.3 Å². The summed E-state index contributed by atoms with van der Waals surface area (Å²) in [6.45, 7) is 1.41. The molecule has 0 saturated carbocycles. The van der Waals surface area contributed by atoms with Gasteiger partial charge in [0.15, 0.2) is 4.34 Å². The van der Waals surface area contributed by atoms with Gasteiger partial charge in [0.1, 0.15) is 0 Å².